The number of benzene rings is 1. The van der Waals surface area contributed by atoms with Crippen molar-refractivity contribution in [3.63, 3.8) is 0 Å². The second kappa shape index (κ2) is 6.24. The van der Waals surface area contributed by atoms with Gasteiger partial charge in [-0.25, -0.2) is 5.10 Å². The van der Waals surface area contributed by atoms with E-state index in [0.29, 0.717) is 11.7 Å². The highest BCUT2D eigenvalue weighted by Crippen LogP contribution is 2.19. The smallest absolute Gasteiger partial charge is 0.233 e. The summed E-state index contributed by atoms with van der Waals surface area (Å²) >= 11 is 1.26. The SMILES string of the molecule is C[C@H](Sc1n[nH]c(N)n1)C(=O)NCc1ccccc1. The second-order valence-corrected chi connectivity index (χ2v) is 5.27. The van der Waals surface area contributed by atoms with Crippen LogP contribution in [-0.2, 0) is 11.3 Å². The molecule has 0 aliphatic carbocycles. The molecule has 1 heterocycles. The largest absolute Gasteiger partial charge is 0.368 e. The molecule has 1 aromatic heterocycles. The highest BCUT2D eigenvalue weighted by Gasteiger charge is 2.16. The molecule has 19 heavy (non-hydrogen) atoms. The normalized spacial score (nSPS) is 12.1. The van der Waals surface area contributed by atoms with Gasteiger partial charge in [0, 0.05) is 6.54 Å². The Balaban J connectivity index is 1.82. The minimum Gasteiger partial charge on any atom is -0.368 e. The standard InChI is InChI=1S/C12H15N5OS/c1-8(19-12-15-11(13)16-17-12)10(18)14-7-9-5-3-2-4-6-9/h2-6,8H,7H2,1H3,(H,14,18)(H3,13,15,16,17)/t8-/m0/s1. The van der Waals surface area contributed by atoms with Crippen molar-refractivity contribution in [2.75, 3.05) is 5.73 Å². The second-order valence-electron chi connectivity index (χ2n) is 3.97. The molecule has 0 saturated carbocycles. The third-order valence-corrected chi connectivity index (χ3v) is 3.40. The third-order valence-electron chi connectivity index (χ3n) is 2.44. The van der Waals surface area contributed by atoms with Gasteiger partial charge in [0.15, 0.2) is 0 Å². The molecule has 0 unspecified atom stereocenters. The molecule has 0 bridgehead atoms. The molecule has 6 nitrogen and oxygen atoms in total. The average Bonchev–Trinajstić information content (AvgIpc) is 2.82. The summed E-state index contributed by atoms with van der Waals surface area (Å²) in [6.07, 6.45) is 0. The van der Waals surface area contributed by atoms with E-state index in [0.717, 1.165) is 5.56 Å². The molecular formula is C12H15N5OS. The van der Waals surface area contributed by atoms with Crippen LogP contribution in [0.15, 0.2) is 35.5 Å². The number of nitrogens with two attached hydrogens (primary N) is 1. The summed E-state index contributed by atoms with van der Waals surface area (Å²) in [5, 5.41) is 9.48. The molecule has 7 heteroatoms. The van der Waals surface area contributed by atoms with Crippen molar-refractivity contribution in [3.8, 4) is 0 Å². The predicted octanol–water partition coefficient (Wildman–Crippen LogP) is 1.18. The summed E-state index contributed by atoms with van der Waals surface area (Å²) in [6, 6.07) is 9.76. The van der Waals surface area contributed by atoms with Crippen LogP contribution in [0.5, 0.6) is 0 Å². The molecular weight excluding hydrogens is 262 g/mol. The maximum atomic E-state index is 11.9. The van der Waals surface area contributed by atoms with Crippen LogP contribution in [0.2, 0.25) is 0 Å². The summed E-state index contributed by atoms with van der Waals surface area (Å²) in [5.74, 6) is 0.191. The molecule has 1 amide bonds. The zero-order valence-corrected chi connectivity index (χ0v) is 11.3. The van der Waals surface area contributed by atoms with Crippen molar-refractivity contribution < 1.29 is 4.79 Å². The van der Waals surface area contributed by atoms with Crippen LogP contribution in [0.25, 0.3) is 0 Å². The van der Waals surface area contributed by atoms with E-state index in [2.05, 4.69) is 20.5 Å². The summed E-state index contributed by atoms with van der Waals surface area (Å²) in [4.78, 5) is 15.8. The Morgan fingerprint density at radius 1 is 1.47 bits per heavy atom. The van der Waals surface area contributed by atoms with Crippen molar-refractivity contribution in [3.05, 3.63) is 35.9 Å². The molecule has 2 aromatic rings. The number of anilines is 1. The van der Waals surface area contributed by atoms with E-state index in [4.69, 9.17) is 5.73 Å². The van der Waals surface area contributed by atoms with Gasteiger partial charge in [-0.3, -0.25) is 4.79 Å². The van der Waals surface area contributed by atoms with E-state index >= 15 is 0 Å². The molecule has 4 N–H and O–H groups in total. The Bertz CT molecular complexity index is 542. The number of nitrogens with one attached hydrogen (secondary N) is 2. The topological polar surface area (TPSA) is 96.7 Å². The lowest BCUT2D eigenvalue weighted by atomic mass is 10.2. The molecule has 1 aromatic carbocycles. The van der Waals surface area contributed by atoms with Gasteiger partial charge in [0.1, 0.15) is 0 Å². The monoisotopic (exact) mass is 277 g/mol. The van der Waals surface area contributed by atoms with Gasteiger partial charge in [0.05, 0.1) is 5.25 Å². The third kappa shape index (κ3) is 3.99. The minimum absolute atomic E-state index is 0.0581. The number of thioether (sulfide) groups is 1. The van der Waals surface area contributed by atoms with Gasteiger partial charge < -0.3 is 11.1 Å². The maximum absolute atomic E-state index is 11.9. The number of carbonyl (C=O) groups is 1. The maximum Gasteiger partial charge on any atom is 0.233 e. The molecule has 100 valence electrons. The molecule has 0 radical (unpaired) electrons. The van der Waals surface area contributed by atoms with E-state index in [1.165, 1.54) is 11.8 Å². The lowest BCUT2D eigenvalue weighted by Crippen LogP contribution is -2.30. The molecule has 1 atom stereocenters. The van der Waals surface area contributed by atoms with Crippen LogP contribution in [0.3, 0.4) is 0 Å². The van der Waals surface area contributed by atoms with Gasteiger partial charge in [-0.15, -0.1) is 5.10 Å². The molecule has 0 aliphatic rings. The van der Waals surface area contributed by atoms with Crippen LogP contribution < -0.4 is 11.1 Å². The molecule has 0 fully saturated rings. The minimum atomic E-state index is -0.279. The van der Waals surface area contributed by atoms with Crippen LogP contribution in [0.1, 0.15) is 12.5 Å². The van der Waals surface area contributed by atoms with Crippen molar-refractivity contribution in [2.24, 2.45) is 0 Å². The Hall–Kier alpha value is -2.02. The number of nitrogens with zero attached hydrogens (tertiary/aromatic N) is 2. The van der Waals surface area contributed by atoms with Crippen molar-refractivity contribution in [2.45, 2.75) is 23.9 Å². The summed E-state index contributed by atoms with van der Waals surface area (Å²) in [6.45, 7) is 2.32. The van der Waals surface area contributed by atoms with Gasteiger partial charge in [0.25, 0.3) is 0 Å². The number of nitrogen functional groups attached to an aromatic ring is 1. The van der Waals surface area contributed by atoms with E-state index in [-0.39, 0.29) is 17.1 Å². The average molecular weight is 277 g/mol. The fraction of sp³-hybridized carbons (Fsp3) is 0.250. The van der Waals surface area contributed by atoms with E-state index < -0.39 is 0 Å². The highest BCUT2D eigenvalue weighted by molar-refractivity contribution is 8.00. The van der Waals surface area contributed by atoms with Crippen LogP contribution in [-0.4, -0.2) is 26.3 Å². The predicted molar refractivity (Wildman–Crippen MR) is 74.4 cm³/mol. The number of hydrogen-bond donors (Lipinski definition) is 3. The van der Waals surface area contributed by atoms with Gasteiger partial charge in [-0.05, 0) is 12.5 Å². The van der Waals surface area contributed by atoms with E-state index in [1.807, 2.05) is 30.3 Å². The van der Waals surface area contributed by atoms with Crippen LogP contribution >= 0.6 is 11.8 Å². The van der Waals surface area contributed by atoms with Crippen molar-refractivity contribution in [1.29, 1.82) is 0 Å². The summed E-state index contributed by atoms with van der Waals surface area (Å²) < 4.78 is 0. The van der Waals surface area contributed by atoms with Gasteiger partial charge in [-0.2, -0.15) is 4.98 Å². The Labute approximate surface area is 115 Å². The summed E-state index contributed by atoms with van der Waals surface area (Å²) in [5.41, 5.74) is 6.49. The quantitative estimate of drug-likeness (QED) is 0.713. The van der Waals surface area contributed by atoms with Crippen molar-refractivity contribution in [1.82, 2.24) is 20.5 Å². The summed E-state index contributed by atoms with van der Waals surface area (Å²) in [7, 11) is 0. The molecule has 0 spiro atoms. The number of carbonyl (C=O) groups excluding carboxylic acids is 1. The first-order chi connectivity index (χ1) is 9.15. The Kier molecular flexibility index (Phi) is 4.40. The zero-order chi connectivity index (χ0) is 13.7. The van der Waals surface area contributed by atoms with Crippen LogP contribution in [0, 0.1) is 0 Å². The number of rotatable bonds is 5. The lowest BCUT2D eigenvalue weighted by Gasteiger charge is -2.09. The molecule has 0 aliphatic heterocycles. The first kappa shape index (κ1) is 13.4. The lowest BCUT2D eigenvalue weighted by molar-refractivity contribution is -0.120. The number of aromatic nitrogens is 3. The fourth-order valence-electron chi connectivity index (χ4n) is 1.45. The van der Waals surface area contributed by atoms with E-state index in [1.54, 1.807) is 6.92 Å². The number of hydrogen-bond acceptors (Lipinski definition) is 5. The number of amides is 1. The van der Waals surface area contributed by atoms with Gasteiger partial charge in [0.2, 0.25) is 17.0 Å². The van der Waals surface area contributed by atoms with Crippen molar-refractivity contribution >= 4 is 23.6 Å². The highest BCUT2D eigenvalue weighted by atomic mass is 32.2. The zero-order valence-electron chi connectivity index (χ0n) is 10.5. The first-order valence-corrected chi connectivity index (χ1v) is 6.69. The van der Waals surface area contributed by atoms with E-state index in [9.17, 15) is 4.79 Å². The molecule has 2 rings (SSSR count). The first-order valence-electron chi connectivity index (χ1n) is 5.81. The number of H-pyrrole nitrogens is 1. The van der Waals surface area contributed by atoms with Crippen LogP contribution in [0.4, 0.5) is 5.95 Å². The molecule has 0 saturated heterocycles. The Morgan fingerprint density at radius 2 is 2.21 bits per heavy atom. The Morgan fingerprint density at radius 3 is 2.84 bits per heavy atom. The number of aromatic amines is 1. The van der Waals surface area contributed by atoms with Gasteiger partial charge in [-0.1, -0.05) is 42.1 Å². The fourth-order valence-corrected chi connectivity index (χ4v) is 2.21. The van der Waals surface area contributed by atoms with Gasteiger partial charge >= 0.3 is 0 Å².